The number of aryl methyl sites for hydroxylation is 1. The molecule has 0 saturated heterocycles. The first-order valence-electron chi connectivity index (χ1n) is 3.94. The van der Waals surface area contributed by atoms with E-state index in [9.17, 15) is 0 Å². The molecule has 0 unspecified atom stereocenters. The van der Waals surface area contributed by atoms with Gasteiger partial charge in [0.25, 0.3) is 0 Å². The van der Waals surface area contributed by atoms with Crippen molar-refractivity contribution in [2.45, 2.75) is 13.3 Å². The van der Waals surface area contributed by atoms with Crippen LogP contribution in [0.1, 0.15) is 12.7 Å². The molecule has 74 valence electrons. The van der Waals surface area contributed by atoms with Gasteiger partial charge in [-0.1, -0.05) is 38.8 Å². The van der Waals surface area contributed by atoms with Crippen molar-refractivity contribution < 1.29 is 0 Å². The van der Waals surface area contributed by atoms with Crippen molar-refractivity contribution in [3.63, 3.8) is 0 Å². The van der Waals surface area contributed by atoms with Crippen molar-refractivity contribution in [1.29, 1.82) is 0 Å². The van der Waals surface area contributed by atoms with Crippen LogP contribution in [0.3, 0.4) is 0 Å². The van der Waals surface area contributed by atoms with Crippen molar-refractivity contribution in [1.82, 2.24) is 20.2 Å². The van der Waals surface area contributed by atoms with E-state index in [-0.39, 0.29) is 5.41 Å². The topological polar surface area (TPSA) is 43.6 Å². The molecule has 0 bridgehead atoms. The molecule has 1 rings (SSSR count). The fourth-order valence-corrected chi connectivity index (χ4v) is 2.23. The van der Waals surface area contributed by atoms with Crippen LogP contribution in [0.25, 0.3) is 0 Å². The summed E-state index contributed by atoms with van der Waals surface area (Å²) in [4.78, 5) is 1.48. The van der Waals surface area contributed by atoms with Crippen molar-refractivity contribution in [3.8, 4) is 0 Å². The lowest BCUT2D eigenvalue weighted by molar-refractivity contribution is 0.426. The van der Waals surface area contributed by atoms with Crippen LogP contribution in [0, 0.1) is 5.41 Å². The van der Waals surface area contributed by atoms with Crippen LogP contribution in [0.15, 0.2) is 0 Å². The first-order chi connectivity index (χ1) is 6.09. The predicted octanol–water partition coefficient (Wildman–Crippen LogP) is 1.55. The molecule has 0 aromatic carbocycles. The zero-order chi connectivity index (χ0) is 9.90. The minimum atomic E-state index is 0.156. The lowest BCUT2D eigenvalue weighted by atomic mass is 9.92. The molecule has 6 heteroatoms. The highest BCUT2D eigenvalue weighted by Gasteiger charge is 2.24. The summed E-state index contributed by atoms with van der Waals surface area (Å²) in [6.45, 7) is 2.17. The maximum Gasteiger partial charge on any atom is 0.175 e. The number of alkyl halides is 2. The predicted molar refractivity (Wildman–Crippen MR) is 58.2 cm³/mol. The molecular formula is C7H12Br2N4. The molecule has 1 aromatic heterocycles. The molecule has 0 aliphatic heterocycles. The highest BCUT2D eigenvalue weighted by Crippen LogP contribution is 2.25. The summed E-state index contributed by atoms with van der Waals surface area (Å²) in [6.07, 6.45) is 0.831. The minimum absolute atomic E-state index is 0.156. The number of hydrogen-bond donors (Lipinski definition) is 0. The molecule has 0 atom stereocenters. The van der Waals surface area contributed by atoms with Gasteiger partial charge in [-0.25, -0.2) is 0 Å². The molecule has 13 heavy (non-hydrogen) atoms. The van der Waals surface area contributed by atoms with Gasteiger partial charge in [0, 0.05) is 17.1 Å². The molecule has 0 aliphatic rings. The SMILES string of the molecule is Cn1nnc(CC(C)(CBr)CBr)n1. The number of tetrazole rings is 1. The van der Waals surface area contributed by atoms with E-state index in [0.29, 0.717) is 0 Å². The van der Waals surface area contributed by atoms with Gasteiger partial charge in [0.1, 0.15) is 0 Å². The van der Waals surface area contributed by atoms with E-state index in [2.05, 4.69) is 54.2 Å². The van der Waals surface area contributed by atoms with E-state index in [1.54, 1.807) is 7.05 Å². The molecule has 1 aromatic rings. The summed E-state index contributed by atoms with van der Waals surface area (Å²) in [7, 11) is 1.77. The van der Waals surface area contributed by atoms with Gasteiger partial charge < -0.3 is 0 Å². The zero-order valence-electron chi connectivity index (χ0n) is 7.67. The Labute approximate surface area is 94.3 Å². The van der Waals surface area contributed by atoms with Crippen molar-refractivity contribution in [2.75, 3.05) is 10.7 Å². The first-order valence-corrected chi connectivity index (χ1v) is 6.19. The van der Waals surface area contributed by atoms with Crippen molar-refractivity contribution in [3.05, 3.63) is 5.82 Å². The van der Waals surface area contributed by atoms with E-state index in [4.69, 9.17) is 0 Å². The maximum absolute atomic E-state index is 4.14. The minimum Gasteiger partial charge on any atom is -0.167 e. The Bertz CT molecular complexity index is 269. The zero-order valence-corrected chi connectivity index (χ0v) is 10.8. The van der Waals surface area contributed by atoms with Crippen LogP contribution in [-0.4, -0.2) is 30.9 Å². The standard InChI is InChI=1S/C7H12Br2N4/c1-7(4-8,5-9)3-6-10-12-13(2)11-6/h3-5H2,1-2H3. The smallest absolute Gasteiger partial charge is 0.167 e. The second-order valence-electron chi connectivity index (χ2n) is 3.45. The third kappa shape index (κ3) is 3.02. The normalized spacial score (nSPS) is 12.0. The fourth-order valence-electron chi connectivity index (χ4n) is 0.906. The van der Waals surface area contributed by atoms with E-state index >= 15 is 0 Å². The van der Waals surface area contributed by atoms with Crippen LogP contribution in [0.2, 0.25) is 0 Å². The van der Waals surface area contributed by atoms with E-state index in [1.807, 2.05) is 0 Å². The molecule has 4 nitrogen and oxygen atoms in total. The van der Waals surface area contributed by atoms with Crippen LogP contribution < -0.4 is 0 Å². The Morgan fingerprint density at radius 1 is 1.38 bits per heavy atom. The van der Waals surface area contributed by atoms with Crippen LogP contribution in [0.5, 0.6) is 0 Å². The third-order valence-electron chi connectivity index (χ3n) is 1.78. The summed E-state index contributed by atoms with van der Waals surface area (Å²) < 4.78 is 0. The second kappa shape index (κ2) is 4.50. The first kappa shape index (κ1) is 11.1. The molecule has 0 radical (unpaired) electrons. The molecule has 0 N–H and O–H groups in total. The number of aromatic nitrogens is 4. The largest absolute Gasteiger partial charge is 0.175 e. The molecule has 1 heterocycles. The summed E-state index contributed by atoms with van der Waals surface area (Å²) in [5.41, 5.74) is 0.156. The second-order valence-corrected chi connectivity index (χ2v) is 4.57. The number of nitrogens with zero attached hydrogens (tertiary/aromatic N) is 4. The summed E-state index contributed by atoms with van der Waals surface area (Å²) in [5.74, 6) is 0.795. The summed E-state index contributed by atoms with van der Waals surface area (Å²) >= 11 is 6.97. The van der Waals surface area contributed by atoms with Gasteiger partial charge in [-0.15, -0.1) is 10.2 Å². The third-order valence-corrected chi connectivity index (χ3v) is 4.49. The Hall–Kier alpha value is 0.0300. The van der Waals surface area contributed by atoms with Crippen molar-refractivity contribution >= 4 is 31.9 Å². The van der Waals surface area contributed by atoms with Gasteiger partial charge in [-0.05, 0) is 10.6 Å². The molecule has 0 fully saturated rings. The summed E-state index contributed by atoms with van der Waals surface area (Å²) in [6, 6.07) is 0. The van der Waals surface area contributed by atoms with Crippen LogP contribution >= 0.6 is 31.9 Å². The summed E-state index contributed by atoms with van der Waals surface area (Å²) in [5, 5.41) is 13.7. The van der Waals surface area contributed by atoms with Gasteiger partial charge in [0.05, 0.1) is 7.05 Å². The van der Waals surface area contributed by atoms with Crippen LogP contribution in [0.4, 0.5) is 0 Å². The van der Waals surface area contributed by atoms with Gasteiger partial charge in [-0.2, -0.15) is 4.80 Å². The van der Waals surface area contributed by atoms with E-state index in [1.165, 1.54) is 4.80 Å². The Balaban J connectivity index is 2.67. The Morgan fingerprint density at radius 2 is 2.00 bits per heavy atom. The maximum atomic E-state index is 4.14. The fraction of sp³-hybridized carbons (Fsp3) is 0.857. The quantitative estimate of drug-likeness (QED) is 0.792. The van der Waals surface area contributed by atoms with Gasteiger partial charge in [-0.3, -0.25) is 0 Å². The molecule has 0 saturated carbocycles. The van der Waals surface area contributed by atoms with Gasteiger partial charge >= 0.3 is 0 Å². The molecule has 0 amide bonds. The number of halogens is 2. The highest BCUT2D eigenvalue weighted by molar-refractivity contribution is 9.09. The van der Waals surface area contributed by atoms with E-state index < -0.39 is 0 Å². The Kier molecular flexibility index (Phi) is 3.85. The number of hydrogen-bond acceptors (Lipinski definition) is 3. The molecule has 0 spiro atoms. The van der Waals surface area contributed by atoms with Gasteiger partial charge in [0.15, 0.2) is 5.82 Å². The lowest BCUT2D eigenvalue weighted by Crippen LogP contribution is -2.24. The highest BCUT2D eigenvalue weighted by atomic mass is 79.9. The molecular weight excluding hydrogens is 300 g/mol. The number of rotatable bonds is 4. The van der Waals surface area contributed by atoms with Crippen molar-refractivity contribution in [2.24, 2.45) is 12.5 Å². The average Bonchev–Trinajstić information content (AvgIpc) is 2.51. The average molecular weight is 312 g/mol. The monoisotopic (exact) mass is 310 g/mol. The van der Waals surface area contributed by atoms with Crippen LogP contribution in [-0.2, 0) is 13.5 Å². The van der Waals surface area contributed by atoms with Gasteiger partial charge in [0.2, 0.25) is 0 Å². The molecule has 0 aliphatic carbocycles. The van der Waals surface area contributed by atoms with E-state index in [0.717, 1.165) is 22.9 Å². The lowest BCUT2D eigenvalue weighted by Gasteiger charge is -2.22. The Morgan fingerprint density at radius 3 is 2.38 bits per heavy atom.